The molecule has 114 valence electrons. The maximum atomic E-state index is 14.0. The SMILES string of the molecule is CCCNC(Cc1cccc(Cl)c1F)CC(C)COC. The summed E-state index contributed by atoms with van der Waals surface area (Å²) in [6.07, 6.45) is 2.67. The Labute approximate surface area is 126 Å². The monoisotopic (exact) mass is 301 g/mol. The third-order valence-corrected chi connectivity index (χ3v) is 3.61. The fraction of sp³-hybridized carbons (Fsp3) is 0.625. The predicted octanol–water partition coefficient (Wildman–Crippen LogP) is 4.06. The minimum Gasteiger partial charge on any atom is -0.384 e. The van der Waals surface area contributed by atoms with Gasteiger partial charge in [0.05, 0.1) is 5.02 Å². The number of benzene rings is 1. The summed E-state index contributed by atoms with van der Waals surface area (Å²) in [5.74, 6) is 0.147. The first-order chi connectivity index (χ1) is 9.58. The van der Waals surface area contributed by atoms with E-state index in [2.05, 4.69) is 19.2 Å². The van der Waals surface area contributed by atoms with Crippen molar-refractivity contribution in [2.75, 3.05) is 20.3 Å². The van der Waals surface area contributed by atoms with E-state index in [1.165, 1.54) is 0 Å². The number of nitrogens with one attached hydrogen (secondary N) is 1. The highest BCUT2D eigenvalue weighted by Crippen LogP contribution is 2.20. The summed E-state index contributed by atoms with van der Waals surface area (Å²) in [6, 6.07) is 5.44. The van der Waals surface area contributed by atoms with Crippen LogP contribution in [0.15, 0.2) is 18.2 Å². The Morgan fingerprint density at radius 2 is 2.15 bits per heavy atom. The van der Waals surface area contributed by atoms with Gasteiger partial charge in [0, 0.05) is 19.8 Å². The average Bonchev–Trinajstić information content (AvgIpc) is 2.41. The van der Waals surface area contributed by atoms with E-state index in [-0.39, 0.29) is 16.9 Å². The topological polar surface area (TPSA) is 21.3 Å². The van der Waals surface area contributed by atoms with E-state index in [1.807, 2.05) is 6.07 Å². The fourth-order valence-corrected chi connectivity index (χ4v) is 2.59. The molecule has 1 aromatic carbocycles. The number of rotatable bonds is 9. The van der Waals surface area contributed by atoms with Crippen LogP contribution in [0.4, 0.5) is 4.39 Å². The van der Waals surface area contributed by atoms with Gasteiger partial charge in [-0.2, -0.15) is 0 Å². The molecule has 2 unspecified atom stereocenters. The number of hydrogen-bond donors (Lipinski definition) is 1. The van der Waals surface area contributed by atoms with E-state index in [0.717, 1.165) is 26.0 Å². The Kier molecular flexibility index (Phi) is 8.12. The molecule has 1 rings (SSSR count). The molecule has 20 heavy (non-hydrogen) atoms. The molecule has 0 amide bonds. The molecule has 0 bridgehead atoms. The van der Waals surface area contributed by atoms with Gasteiger partial charge in [-0.15, -0.1) is 0 Å². The van der Waals surface area contributed by atoms with Crippen molar-refractivity contribution in [3.05, 3.63) is 34.6 Å². The Morgan fingerprint density at radius 1 is 1.40 bits per heavy atom. The average molecular weight is 302 g/mol. The third kappa shape index (κ3) is 5.78. The highest BCUT2D eigenvalue weighted by molar-refractivity contribution is 6.30. The number of halogens is 2. The van der Waals surface area contributed by atoms with E-state index in [0.29, 0.717) is 17.9 Å². The van der Waals surface area contributed by atoms with Gasteiger partial charge in [-0.25, -0.2) is 4.39 Å². The van der Waals surface area contributed by atoms with E-state index >= 15 is 0 Å². The number of hydrogen-bond acceptors (Lipinski definition) is 2. The molecule has 0 heterocycles. The zero-order chi connectivity index (χ0) is 15.0. The van der Waals surface area contributed by atoms with Crippen molar-refractivity contribution >= 4 is 11.6 Å². The quantitative estimate of drug-likeness (QED) is 0.742. The lowest BCUT2D eigenvalue weighted by Gasteiger charge is -2.22. The van der Waals surface area contributed by atoms with Crippen LogP contribution in [0, 0.1) is 11.7 Å². The first-order valence-electron chi connectivity index (χ1n) is 7.23. The highest BCUT2D eigenvalue weighted by Gasteiger charge is 2.16. The van der Waals surface area contributed by atoms with Crippen LogP contribution in [0.5, 0.6) is 0 Å². The van der Waals surface area contributed by atoms with Crippen molar-refractivity contribution in [2.45, 2.75) is 39.2 Å². The molecule has 4 heteroatoms. The van der Waals surface area contributed by atoms with Gasteiger partial charge in [-0.3, -0.25) is 0 Å². The van der Waals surface area contributed by atoms with Gasteiger partial charge in [0.2, 0.25) is 0 Å². The van der Waals surface area contributed by atoms with Crippen molar-refractivity contribution in [1.29, 1.82) is 0 Å². The first-order valence-corrected chi connectivity index (χ1v) is 7.61. The summed E-state index contributed by atoms with van der Waals surface area (Å²) in [7, 11) is 1.71. The molecule has 0 spiro atoms. The number of ether oxygens (including phenoxy) is 1. The zero-order valence-corrected chi connectivity index (χ0v) is 13.3. The van der Waals surface area contributed by atoms with Gasteiger partial charge >= 0.3 is 0 Å². The van der Waals surface area contributed by atoms with Crippen molar-refractivity contribution in [2.24, 2.45) is 5.92 Å². The molecule has 0 aliphatic heterocycles. The zero-order valence-electron chi connectivity index (χ0n) is 12.6. The Balaban J connectivity index is 2.70. The lowest BCUT2D eigenvalue weighted by Crippen LogP contribution is -2.34. The van der Waals surface area contributed by atoms with Gasteiger partial charge in [-0.1, -0.05) is 37.6 Å². The standard InChI is InChI=1S/C16H25ClFNO/c1-4-8-19-14(9-12(2)11-20-3)10-13-6-5-7-15(17)16(13)18/h5-7,12,14,19H,4,8-11H2,1-3H3. The maximum Gasteiger partial charge on any atom is 0.145 e. The van der Waals surface area contributed by atoms with E-state index < -0.39 is 0 Å². The normalized spacial score (nSPS) is 14.2. The molecule has 0 fully saturated rings. The second kappa shape index (κ2) is 9.32. The predicted molar refractivity (Wildman–Crippen MR) is 82.9 cm³/mol. The van der Waals surface area contributed by atoms with E-state index in [1.54, 1.807) is 19.2 Å². The Morgan fingerprint density at radius 3 is 2.80 bits per heavy atom. The Hall–Kier alpha value is -0.640. The van der Waals surface area contributed by atoms with Crippen LogP contribution in [0.3, 0.4) is 0 Å². The highest BCUT2D eigenvalue weighted by atomic mass is 35.5. The third-order valence-electron chi connectivity index (χ3n) is 3.32. The second-order valence-electron chi connectivity index (χ2n) is 5.36. The van der Waals surface area contributed by atoms with E-state index in [4.69, 9.17) is 16.3 Å². The molecule has 0 aromatic heterocycles. The van der Waals surface area contributed by atoms with Crippen molar-refractivity contribution in [3.63, 3.8) is 0 Å². The van der Waals surface area contributed by atoms with Crippen molar-refractivity contribution in [1.82, 2.24) is 5.32 Å². The molecular formula is C16H25ClFNO. The summed E-state index contributed by atoms with van der Waals surface area (Å²) in [5, 5.41) is 3.68. The first kappa shape index (κ1) is 17.4. The molecule has 2 nitrogen and oxygen atoms in total. The molecule has 0 aliphatic rings. The van der Waals surface area contributed by atoms with Crippen LogP contribution in [-0.2, 0) is 11.2 Å². The molecule has 2 atom stereocenters. The minimum atomic E-state index is -0.295. The fourth-order valence-electron chi connectivity index (χ4n) is 2.40. The summed E-state index contributed by atoms with van der Waals surface area (Å²) in [6.45, 7) is 5.94. The number of methoxy groups -OCH3 is 1. The van der Waals surface area contributed by atoms with Crippen LogP contribution in [0.25, 0.3) is 0 Å². The van der Waals surface area contributed by atoms with Gasteiger partial charge in [0.15, 0.2) is 0 Å². The Bertz CT molecular complexity index is 400. The van der Waals surface area contributed by atoms with Gasteiger partial charge in [0.1, 0.15) is 5.82 Å². The van der Waals surface area contributed by atoms with Gasteiger partial charge < -0.3 is 10.1 Å². The summed E-state index contributed by atoms with van der Waals surface area (Å²) in [4.78, 5) is 0. The largest absolute Gasteiger partial charge is 0.384 e. The molecule has 0 saturated heterocycles. The molecule has 0 aliphatic carbocycles. The lowest BCUT2D eigenvalue weighted by molar-refractivity contribution is 0.149. The second-order valence-corrected chi connectivity index (χ2v) is 5.77. The summed E-state index contributed by atoms with van der Waals surface area (Å²) in [5.41, 5.74) is 0.677. The van der Waals surface area contributed by atoms with Gasteiger partial charge in [-0.05, 0) is 43.4 Å². The van der Waals surface area contributed by atoms with Crippen LogP contribution < -0.4 is 5.32 Å². The molecule has 0 saturated carbocycles. The lowest BCUT2D eigenvalue weighted by atomic mass is 9.96. The van der Waals surface area contributed by atoms with E-state index in [9.17, 15) is 4.39 Å². The molecule has 1 aromatic rings. The summed E-state index contributed by atoms with van der Waals surface area (Å²) < 4.78 is 19.2. The van der Waals surface area contributed by atoms with Crippen LogP contribution in [-0.4, -0.2) is 26.3 Å². The van der Waals surface area contributed by atoms with Crippen LogP contribution in [0.1, 0.15) is 32.3 Å². The van der Waals surface area contributed by atoms with Crippen molar-refractivity contribution in [3.8, 4) is 0 Å². The summed E-state index contributed by atoms with van der Waals surface area (Å²) >= 11 is 5.84. The molecule has 0 radical (unpaired) electrons. The van der Waals surface area contributed by atoms with Crippen LogP contribution in [0.2, 0.25) is 5.02 Å². The van der Waals surface area contributed by atoms with Crippen molar-refractivity contribution < 1.29 is 9.13 Å². The van der Waals surface area contributed by atoms with Crippen LogP contribution >= 0.6 is 11.6 Å². The van der Waals surface area contributed by atoms with Gasteiger partial charge in [0.25, 0.3) is 0 Å². The molecular weight excluding hydrogens is 277 g/mol. The maximum absolute atomic E-state index is 14.0. The molecule has 1 N–H and O–H groups in total. The smallest absolute Gasteiger partial charge is 0.145 e. The minimum absolute atomic E-state index is 0.196.